The third-order valence-electron chi connectivity index (χ3n) is 5.51. The van der Waals surface area contributed by atoms with Gasteiger partial charge < -0.3 is 23.7 Å². The molecule has 0 bridgehead atoms. The second-order valence-corrected chi connectivity index (χ2v) is 8.03. The van der Waals surface area contributed by atoms with Gasteiger partial charge in [-0.25, -0.2) is 9.78 Å². The number of rotatable bonds is 3. The van der Waals surface area contributed by atoms with Crippen LogP contribution in [0.5, 0.6) is 0 Å². The molecule has 29 heavy (non-hydrogen) atoms. The van der Waals surface area contributed by atoms with E-state index in [9.17, 15) is 9.59 Å². The van der Waals surface area contributed by atoms with Crippen molar-refractivity contribution in [3.8, 4) is 0 Å². The van der Waals surface area contributed by atoms with Crippen molar-refractivity contribution in [2.24, 2.45) is 0 Å². The Morgan fingerprint density at radius 3 is 2.83 bits per heavy atom. The molecular formula is C21H25N3O5. The molecule has 0 aromatic carbocycles. The first-order valence-corrected chi connectivity index (χ1v) is 9.66. The number of hydrogen-bond donors (Lipinski definition) is 0. The van der Waals surface area contributed by atoms with E-state index in [2.05, 4.69) is 24.9 Å². The van der Waals surface area contributed by atoms with Gasteiger partial charge in [-0.15, -0.1) is 0 Å². The standard InChI is InChI=1S/C21H25N3O5/c1-21(2)9-15-8-18(22-10-16(15)13-29-21)23-5-6-24(17(11-23)20(26)27-3)19(25)14-4-7-28-12-14/h4,7-8,10,12,17H,5-6,9,11,13H2,1-3H3. The molecule has 2 aliphatic heterocycles. The van der Waals surface area contributed by atoms with Gasteiger partial charge in [-0.2, -0.15) is 0 Å². The number of ether oxygens (including phenoxy) is 2. The van der Waals surface area contributed by atoms with E-state index in [0.717, 1.165) is 17.8 Å². The van der Waals surface area contributed by atoms with Crippen LogP contribution in [-0.4, -0.2) is 60.1 Å². The average Bonchev–Trinajstić information content (AvgIpc) is 3.26. The van der Waals surface area contributed by atoms with Crippen LogP contribution >= 0.6 is 0 Å². The lowest BCUT2D eigenvalue weighted by Gasteiger charge is -2.40. The maximum atomic E-state index is 12.8. The van der Waals surface area contributed by atoms with Crippen LogP contribution in [0.2, 0.25) is 0 Å². The molecular weight excluding hydrogens is 374 g/mol. The molecule has 2 aliphatic rings. The summed E-state index contributed by atoms with van der Waals surface area (Å²) in [6.45, 7) is 5.97. The molecule has 0 spiro atoms. The number of nitrogens with zero attached hydrogens (tertiary/aromatic N) is 3. The zero-order valence-electron chi connectivity index (χ0n) is 16.9. The topological polar surface area (TPSA) is 85.1 Å². The van der Waals surface area contributed by atoms with Gasteiger partial charge in [0.15, 0.2) is 0 Å². The van der Waals surface area contributed by atoms with E-state index in [1.165, 1.54) is 25.2 Å². The predicted molar refractivity (Wildman–Crippen MR) is 105 cm³/mol. The SMILES string of the molecule is COC(=O)C1CN(c2cc3c(cn2)COC(C)(C)C3)CCN1C(=O)c1ccoc1. The Balaban J connectivity index is 1.57. The molecule has 1 amide bonds. The van der Waals surface area contributed by atoms with Crippen molar-refractivity contribution in [3.05, 3.63) is 47.5 Å². The van der Waals surface area contributed by atoms with Gasteiger partial charge in [0.05, 0.1) is 37.7 Å². The van der Waals surface area contributed by atoms with E-state index < -0.39 is 12.0 Å². The highest BCUT2D eigenvalue weighted by Crippen LogP contribution is 2.30. The molecule has 0 saturated carbocycles. The number of anilines is 1. The minimum absolute atomic E-state index is 0.212. The number of aromatic nitrogens is 1. The fourth-order valence-corrected chi connectivity index (χ4v) is 3.89. The van der Waals surface area contributed by atoms with Crippen LogP contribution in [-0.2, 0) is 27.3 Å². The van der Waals surface area contributed by atoms with Gasteiger partial charge in [-0.05, 0) is 37.1 Å². The molecule has 1 unspecified atom stereocenters. The lowest BCUT2D eigenvalue weighted by atomic mass is 9.93. The van der Waals surface area contributed by atoms with E-state index in [0.29, 0.717) is 31.8 Å². The first-order chi connectivity index (χ1) is 13.9. The highest BCUT2D eigenvalue weighted by Gasteiger charge is 2.37. The zero-order valence-corrected chi connectivity index (χ0v) is 16.9. The Morgan fingerprint density at radius 2 is 2.10 bits per heavy atom. The number of fused-ring (bicyclic) bond motifs is 1. The minimum atomic E-state index is -0.714. The Bertz CT molecular complexity index is 909. The highest BCUT2D eigenvalue weighted by atomic mass is 16.5. The van der Waals surface area contributed by atoms with Gasteiger partial charge >= 0.3 is 5.97 Å². The van der Waals surface area contributed by atoms with Crippen molar-refractivity contribution < 1.29 is 23.5 Å². The van der Waals surface area contributed by atoms with Gasteiger partial charge in [0.25, 0.3) is 5.91 Å². The average molecular weight is 399 g/mol. The molecule has 2 aromatic heterocycles. The Labute approximate surface area is 169 Å². The smallest absolute Gasteiger partial charge is 0.330 e. The van der Waals surface area contributed by atoms with E-state index in [1.807, 2.05) is 11.1 Å². The van der Waals surface area contributed by atoms with Crippen molar-refractivity contribution in [2.45, 2.75) is 38.5 Å². The van der Waals surface area contributed by atoms with Crippen LogP contribution in [0.4, 0.5) is 5.82 Å². The molecule has 8 heteroatoms. The van der Waals surface area contributed by atoms with Crippen molar-refractivity contribution >= 4 is 17.7 Å². The molecule has 4 rings (SSSR count). The Morgan fingerprint density at radius 1 is 1.28 bits per heavy atom. The predicted octanol–water partition coefficient (Wildman–Crippen LogP) is 2.03. The lowest BCUT2D eigenvalue weighted by Crippen LogP contribution is -2.58. The third-order valence-corrected chi connectivity index (χ3v) is 5.51. The normalized spacial score (nSPS) is 20.9. The fourth-order valence-electron chi connectivity index (χ4n) is 3.89. The molecule has 8 nitrogen and oxygen atoms in total. The van der Waals surface area contributed by atoms with E-state index in [4.69, 9.17) is 13.9 Å². The van der Waals surface area contributed by atoms with E-state index in [1.54, 1.807) is 11.0 Å². The number of amides is 1. The largest absolute Gasteiger partial charge is 0.472 e. The maximum Gasteiger partial charge on any atom is 0.330 e. The van der Waals surface area contributed by atoms with Gasteiger partial charge in [-0.3, -0.25) is 4.79 Å². The molecule has 2 aromatic rings. The number of carbonyl (C=O) groups is 2. The number of furan rings is 1. The van der Waals surface area contributed by atoms with Crippen molar-refractivity contribution in [1.29, 1.82) is 0 Å². The summed E-state index contributed by atoms with van der Waals surface area (Å²) < 4.78 is 15.8. The zero-order chi connectivity index (χ0) is 20.6. The number of esters is 1. The summed E-state index contributed by atoms with van der Waals surface area (Å²) in [5.74, 6) is 0.107. The molecule has 0 N–H and O–H groups in total. The first-order valence-electron chi connectivity index (χ1n) is 9.66. The quantitative estimate of drug-likeness (QED) is 0.730. The minimum Gasteiger partial charge on any atom is -0.472 e. The van der Waals surface area contributed by atoms with Gasteiger partial charge in [0.2, 0.25) is 0 Å². The van der Waals surface area contributed by atoms with E-state index >= 15 is 0 Å². The summed E-state index contributed by atoms with van der Waals surface area (Å²) in [5, 5.41) is 0. The van der Waals surface area contributed by atoms with Crippen LogP contribution in [0.15, 0.2) is 35.3 Å². The van der Waals surface area contributed by atoms with Crippen molar-refractivity contribution in [3.63, 3.8) is 0 Å². The lowest BCUT2D eigenvalue weighted by molar-refractivity contribution is -0.146. The highest BCUT2D eigenvalue weighted by molar-refractivity contribution is 5.97. The summed E-state index contributed by atoms with van der Waals surface area (Å²) in [6, 6.07) is 2.95. The van der Waals surface area contributed by atoms with Crippen molar-refractivity contribution in [1.82, 2.24) is 9.88 Å². The monoisotopic (exact) mass is 399 g/mol. The Hall–Kier alpha value is -2.87. The first kappa shape index (κ1) is 19.4. The fraction of sp³-hybridized carbons (Fsp3) is 0.476. The van der Waals surface area contributed by atoms with Gasteiger partial charge in [0, 0.05) is 25.7 Å². The second-order valence-electron chi connectivity index (χ2n) is 8.03. The van der Waals surface area contributed by atoms with Crippen LogP contribution in [0.25, 0.3) is 0 Å². The van der Waals surface area contributed by atoms with Crippen LogP contribution < -0.4 is 4.90 Å². The number of methoxy groups -OCH3 is 1. The van der Waals surface area contributed by atoms with Crippen LogP contribution in [0.1, 0.15) is 35.3 Å². The molecule has 0 aliphatic carbocycles. The third kappa shape index (κ3) is 3.85. The summed E-state index contributed by atoms with van der Waals surface area (Å²) in [6.07, 6.45) is 5.48. The van der Waals surface area contributed by atoms with E-state index in [-0.39, 0.29) is 11.5 Å². The molecule has 0 radical (unpaired) electrons. The summed E-state index contributed by atoms with van der Waals surface area (Å²) >= 11 is 0. The van der Waals surface area contributed by atoms with Crippen molar-refractivity contribution in [2.75, 3.05) is 31.6 Å². The van der Waals surface area contributed by atoms with Crippen LogP contribution in [0, 0.1) is 0 Å². The summed E-state index contributed by atoms with van der Waals surface area (Å²) in [5.41, 5.74) is 2.50. The molecule has 4 heterocycles. The molecule has 1 atom stereocenters. The number of hydrogen-bond acceptors (Lipinski definition) is 7. The number of carbonyl (C=O) groups excluding carboxylic acids is 2. The number of piperazine rings is 1. The number of pyridine rings is 1. The second kappa shape index (κ2) is 7.51. The van der Waals surface area contributed by atoms with Crippen LogP contribution in [0.3, 0.4) is 0 Å². The summed E-state index contributed by atoms with van der Waals surface area (Å²) in [4.78, 5) is 33.4. The molecule has 1 saturated heterocycles. The molecule has 1 fully saturated rings. The van der Waals surface area contributed by atoms with Gasteiger partial charge in [-0.1, -0.05) is 0 Å². The van der Waals surface area contributed by atoms with Gasteiger partial charge in [0.1, 0.15) is 18.1 Å². The summed E-state index contributed by atoms with van der Waals surface area (Å²) in [7, 11) is 1.33. The molecule has 154 valence electrons. The Kier molecular flexibility index (Phi) is 5.04. The maximum absolute atomic E-state index is 12.8.